The highest BCUT2D eigenvalue weighted by Crippen LogP contribution is 2.14. The van der Waals surface area contributed by atoms with Crippen LogP contribution in [0.2, 0.25) is 0 Å². The quantitative estimate of drug-likeness (QED) is 0.788. The van der Waals surface area contributed by atoms with E-state index in [0.717, 1.165) is 19.5 Å². The van der Waals surface area contributed by atoms with Crippen molar-refractivity contribution in [3.63, 3.8) is 0 Å². The first-order valence-corrected chi connectivity index (χ1v) is 6.45. The minimum absolute atomic E-state index is 0.620. The third-order valence-corrected chi connectivity index (χ3v) is 3.35. The van der Waals surface area contributed by atoms with Crippen molar-refractivity contribution in [3.05, 3.63) is 34.3 Å². The van der Waals surface area contributed by atoms with Crippen molar-refractivity contribution < 1.29 is 0 Å². The molecule has 0 heterocycles. The molecule has 1 rings (SSSR count). The molecule has 15 heavy (non-hydrogen) atoms. The van der Waals surface area contributed by atoms with Crippen molar-refractivity contribution in [3.8, 4) is 0 Å². The van der Waals surface area contributed by atoms with Crippen molar-refractivity contribution in [1.29, 1.82) is 0 Å². The Morgan fingerprint density at radius 3 is 2.47 bits per heavy atom. The van der Waals surface area contributed by atoms with Gasteiger partial charge in [-0.1, -0.05) is 41.9 Å². The fraction of sp³-hybridized carbons (Fsp3) is 0.538. The molecule has 0 aromatic heterocycles. The van der Waals surface area contributed by atoms with Gasteiger partial charge in [-0.2, -0.15) is 0 Å². The number of halogens is 1. The summed E-state index contributed by atoms with van der Waals surface area (Å²) in [7, 11) is 0. The van der Waals surface area contributed by atoms with E-state index >= 15 is 0 Å². The van der Waals surface area contributed by atoms with Crippen LogP contribution in [0.15, 0.2) is 28.7 Å². The zero-order valence-electron chi connectivity index (χ0n) is 9.83. The molecule has 0 saturated heterocycles. The van der Waals surface area contributed by atoms with E-state index in [-0.39, 0.29) is 0 Å². The van der Waals surface area contributed by atoms with Gasteiger partial charge in [-0.15, -0.1) is 0 Å². The number of hydrogen-bond donors (Lipinski definition) is 0. The molecule has 0 spiro atoms. The van der Waals surface area contributed by atoms with Gasteiger partial charge in [0.25, 0.3) is 0 Å². The first-order valence-electron chi connectivity index (χ1n) is 5.65. The largest absolute Gasteiger partial charge is 0.301 e. The van der Waals surface area contributed by atoms with E-state index < -0.39 is 0 Å². The van der Waals surface area contributed by atoms with Crippen LogP contribution in [-0.4, -0.2) is 24.0 Å². The molecule has 0 radical (unpaired) electrons. The summed E-state index contributed by atoms with van der Waals surface area (Å²) >= 11 is 3.51. The molecule has 0 fully saturated rings. The first-order chi connectivity index (χ1) is 7.17. The predicted octanol–water partition coefficient (Wildman–Crippen LogP) is 3.72. The van der Waals surface area contributed by atoms with E-state index in [9.17, 15) is 0 Å². The molecule has 1 aromatic carbocycles. The molecule has 84 valence electrons. The standard InChI is InChI=1S/C13H20BrN/c1-4-15(5-2)11(3)9-12-7-6-8-13(14)10-12/h6-8,10-11H,4-5,9H2,1-3H3. The number of rotatable bonds is 5. The van der Waals surface area contributed by atoms with Crippen LogP contribution in [0.3, 0.4) is 0 Å². The molecule has 1 nitrogen and oxygen atoms in total. The molecule has 0 aliphatic rings. The van der Waals surface area contributed by atoms with Gasteiger partial charge in [-0.3, -0.25) is 0 Å². The van der Waals surface area contributed by atoms with Crippen molar-refractivity contribution in [2.24, 2.45) is 0 Å². The minimum Gasteiger partial charge on any atom is -0.301 e. The lowest BCUT2D eigenvalue weighted by Crippen LogP contribution is -2.34. The predicted molar refractivity (Wildman–Crippen MR) is 70.2 cm³/mol. The van der Waals surface area contributed by atoms with Crippen molar-refractivity contribution in [2.45, 2.75) is 33.2 Å². The summed E-state index contributed by atoms with van der Waals surface area (Å²) in [5.74, 6) is 0. The van der Waals surface area contributed by atoms with E-state index in [1.165, 1.54) is 10.0 Å². The van der Waals surface area contributed by atoms with Gasteiger partial charge in [0.15, 0.2) is 0 Å². The summed E-state index contributed by atoms with van der Waals surface area (Å²) in [5.41, 5.74) is 1.41. The van der Waals surface area contributed by atoms with Crippen molar-refractivity contribution in [1.82, 2.24) is 4.90 Å². The second-order valence-corrected chi connectivity index (χ2v) is 4.82. The maximum absolute atomic E-state index is 3.51. The van der Waals surface area contributed by atoms with Gasteiger partial charge in [0.2, 0.25) is 0 Å². The summed E-state index contributed by atoms with van der Waals surface area (Å²) in [4.78, 5) is 2.49. The monoisotopic (exact) mass is 269 g/mol. The highest BCUT2D eigenvalue weighted by atomic mass is 79.9. The van der Waals surface area contributed by atoms with Crippen LogP contribution in [0.25, 0.3) is 0 Å². The summed E-state index contributed by atoms with van der Waals surface area (Å²) in [6.07, 6.45) is 1.13. The second-order valence-electron chi connectivity index (χ2n) is 3.90. The fourth-order valence-electron chi connectivity index (χ4n) is 1.98. The Morgan fingerprint density at radius 1 is 1.27 bits per heavy atom. The zero-order chi connectivity index (χ0) is 11.3. The van der Waals surface area contributed by atoms with E-state index in [1.54, 1.807) is 0 Å². The molecule has 0 saturated carbocycles. The van der Waals surface area contributed by atoms with Gasteiger partial charge < -0.3 is 4.90 Å². The van der Waals surface area contributed by atoms with Crippen LogP contribution >= 0.6 is 15.9 Å². The van der Waals surface area contributed by atoms with Crippen LogP contribution in [0, 0.1) is 0 Å². The lowest BCUT2D eigenvalue weighted by molar-refractivity contribution is 0.230. The maximum atomic E-state index is 3.51. The summed E-state index contributed by atoms with van der Waals surface area (Å²) < 4.78 is 1.17. The molecular formula is C13H20BrN. The Morgan fingerprint density at radius 2 is 1.93 bits per heavy atom. The van der Waals surface area contributed by atoms with Crippen LogP contribution in [0.5, 0.6) is 0 Å². The molecule has 0 aliphatic carbocycles. The average molecular weight is 270 g/mol. The van der Waals surface area contributed by atoms with Gasteiger partial charge in [-0.05, 0) is 44.1 Å². The molecule has 1 unspecified atom stereocenters. The van der Waals surface area contributed by atoms with Gasteiger partial charge in [0, 0.05) is 10.5 Å². The van der Waals surface area contributed by atoms with Crippen LogP contribution in [0.4, 0.5) is 0 Å². The third kappa shape index (κ3) is 3.96. The number of hydrogen-bond acceptors (Lipinski definition) is 1. The second kappa shape index (κ2) is 6.29. The minimum atomic E-state index is 0.620. The molecule has 0 aliphatic heterocycles. The number of likely N-dealkylation sites (N-methyl/N-ethyl adjacent to an activating group) is 1. The highest BCUT2D eigenvalue weighted by molar-refractivity contribution is 9.10. The lowest BCUT2D eigenvalue weighted by Gasteiger charge is -2.26. The number of benzene rings is 1. The Labute approximate surface area is 102 Å². The molecule has 0 amide bonds. The third-order valence-electron chi connectivity index (χ3n) is 2.86. The summed E-state index contributed by atoms with van der Waals surface area (Å²) in [6, 6.07) is 9.21. The van der Waals surface area contributed by atoms with E-state index in [2.05, 4.69) is 65.9 Å². The normalized spacial score (nSPS) is 13.1. The smallest absolute Gasteiger partial charge is 0.0178 e. The molecule has 0 bridgehead atoms. The van der Waals surface area contributed by atoms with Crippen molar-refractivity contribution >= 4 is 15.9 Å². The molecule has 2 heteroatoms. The molecule has 0 N–H and O–H groups in total. The van der Waals surface area contributed by atoms with E-state index in [0.29, 0.717) is 6.04 Å². The summed E-state index contributed by atoms with van der Waals surface area (Å²) in [5, 5.41) is 0. The summed E-state index contributed by atoms with van der Waals surface area (Å²) in [6.45, 7) is 9.01. The van der Waals surface area contributed by atoms with Crippen LogP contribution < -0.4 is 0 Å². The first kappa shape index (κ1) is 12.7. The lowest BCUT2D eigenvalue weighted by atomic mass is 10.1. The van der Waals surface area contributed by atoms with Gasteiger partial charge in [-0.25, -0.2) is 0 Å². The molecular weight excluding hydrogens is 250 g/mol. The van der Waals surface area contributed by atoms with Crippen molar-refractivity contribution in [2.75, 3.05) is 13.1 Å². The van der Waals surface area contributed by atoms with Crippen LogP contribution in [0.1, 0.15) is 26.3 Å². The Kier molecular flexibility index (Phi) is 5.34. The Balaban J connectivity index is 2.61. The topological polar surface area (TPSA) is 3.24 Å². The Bertz CT molecular complexity index is 294. The van der Waals surface area contributed by atoms with Gasteiger partial charge >= 0.3 is 0 Å². The zero-order valence-corrected chi connectivity index (χ0v) is 11.4. The molecule has 1 atom stereocenters. The van der Waals surface area contributed by atoms with Gasteiger partial charge in [0.1, 0.15) is 0 Å². The van der Waals surface area contributed by atoms with Crippen LogP contribution in [-0.2, 0) is 6.42 Å². The number of nitrogens with zero attached hydrogens (tertiary/aromatic N) is 1. The van der Waals surface area contributed by atoms with Gasteiger partial charge in [0.05, 0.1) is 0 Å². The van der Waals surface area contributed by atoms with E-state index in [4.69, 9.17) is 0 Å². The van der Waals surface area contributed by atoms with E-state index in [1.807, 2.05) is 0 Å². The highest BCUT2D eigenvalue weighted by Gasteiger charge is 2.10. The molecule has 1 aromatic rings. The average Bonchev–Trinajstić information content (AvgIpc) is 2.19. The fourth-order valence-corrected chi connectivity index (χ4v) is 2.43. The Hall–Kier alpha value is -0.340. The maximum Gasteiger partial charge on any atom is 0.0178 e. The SMILES string of the molecule is CCN(CC)C(C)Cc1cccc(Br)c1.